The van der Waals surface area contributed by atoms with E-state index in [0.717, 1.165) is 6.07 Å². The van der Waals surface area contributed by atoms with Gasteiger partial charge < -0.3 is 15.8 Å². The van der Waals surface area contributed by atoms with Gasteiger partial charge in [-0.25, -0.2) is 8.42 Å². The summed E-state index contributed by atoms with van der Waals surface area (Å²) in [6.07, 6.45) is 0. The number of nitrogens with two attached hydrogens (primary N) is 1. The van der Waals surface area contributed by atoms with Crippen molar-refractivity contribution in [3.63, 3.8) is 0 Å². The topological polar surface area (TPSA) is 128 Å². The first-order chi connectivity index (χ1) is 12.3. The van der Waals surface area contributed by atoms with Crippen LogP contribution in [0.4, 0.5) is 5.69 Å². The standard InChI is InChI=1S/C17H19N3O5S/c1-3-25-15-8-7-13(10-14(15)16(18)21)26(23,24)20-12-6-4-5-11(9-12)17(22)19-2/h4-10,20H,3H2,1-2H3,(H2,18,21)(H,19,22). The van der Waals surface area contributed by atoms with Crippen LogP contribution in [0, 0.1) is 0 Å². The largest absolute Gasteiger partial charge is 0.493 e. The predicted octanol–water partition coefficient (Wildman–Crippen LogP) is 1.34. The van der Waals surface area contributed by atoms with Gasteiger partial charge in [-0.2, -0.15) is 0 Å². The van der Waals surface area contributed by atoms with Crippen molar-refractivity contribution in [3.05, 3.63) is 53.6 Å². The molecule has 0 fully saturated rings. The molecule has 9 heteroatoms. The van der Waals surface area contributed by atoms with E-state index in [1.54, 1.807) is 19.1 Å². The van der Waals surface area contributed by atoms with E-state index in [0.29, 0.717) is 12.2 Å². The second kappa shape index (κ2) is 7.87. The zero-order valence-electron chi connectivity index (χ0n) is 14.3. The molecule has 2 amide bonds. The smallest absolute Gasteiger partial charge is 0.261 e. The van der Waals surface area contributed by atoms with E-state index in [4.69, 9.17) is 10.5 Å². The number of sulfonamides is 1. The van der Waals surface area contributed by atoms with Gasteiger partial charge >= 0.3 is 0 Å². The Morgan fingerprint density at radius 1 is 1.15 bits per heavy atom. The van der Waals surface area contributed by atoms with Gasteiger partial charge in [0.05, 0.1) is 17.1 Å². The third-order valence-electron chi connectivity index (χ3n) is 3.43. The summed E-state index contributed by atoms with van der Waals surface area (Å²) in [6.45, 7) is 2.04. The Bertz CT molecular complexity index is 941. The Hall–Kier alpha value is -3.07. The molecule has 0 saturated heterocycles. The van der Waals surface area contributed by atoms with Gasteiger partial charge in [-0.1, -0.05) is 6.07 Å². The lowest BCUT2D eigenvalue weighted by Crippen LogP contribution is -2.19. The summed E-state index contributed by atoms with van der Waals surface area (Å²) in [6, 6.07) is 9.85. The Balaban J connectivity index is 2.37. The third-order valence-corrected chi connectivity index (χ3v) is 4.81. The van der Waals surface area contributed by atoms with E-state index in [9.17, 15) is 18.0 Å². The fraction of sp³-hybridized carbons (Fsp3) is 0.176. The van der Waals surface area contributed by atoms with Crippen LogP contribution in [0.5, 0.6) is 5.75 Å². The number of anilines is 1. The van der Waals surface area contributed by atoms with Crippen LogP contribution in [0.3, 0.4) is 0 Å². The molecule has 0 bridgehead atoms. The van der Waals surface area contributed by atoms with Gasteiger partial charge in [0.1, 0.15) is 5.75 Å². The molecule has 4 N–H and O–H groups in total. The number of rotatable bonds is 7. The van der Waals surface area contributed by atoms with Crippen molar-refractivity contribution in [1.29, 1.82) is 0 Å². The summed E-state index contributed by atoms with van der Waals surface area (Å²) in [4.78, 5) is 23.1. The van der Waals surface area contributed by atoms with E-state index in [1.807, 2.05) is 0 Å². The van der Waals surface area contributed by atoms with Crippen molar-refractivity contribution in [3.8, 4) is 5.75 Å². The minimum Gasteiger partial charge on any atom is -0.493 e. The molecular weight excluding hydrogens is 358 g/mol. The predicted molar refractivity (Wildman–Crippen MR) is 96.8 cm³/mol. The van der Waals surface area contributed by atoms with E-state index in [-0.39, 0.29) is 27.8 Å². The quantitative estimate of drug-likeness (QED) is 0.671. The maximum Gasteiger partial charge on any atom is 0.261 e. The molecule has 8 nitrogen and oxygen atoms in total. The lowest BCUT2D eigenvalue weighted by atomic mass is 10.2. The summed E-state index contributed by atoms with van der Waals surface area (Å²) >= 11 is 0. The molecule has 0 aliphatic heterocycles. The second-order valence-electron chi connectivity index (χ2n) is 5.22. The summed E-state index contributed by atoms with van der Waals surface area (Å²) in [5.41, 5.74) is 5.78. The molecule has 2 aromatic carbocycles. The zero-order chi connectivity index (χ0) is 19.3. The van der Waals surface area contributed by atoms with E-state index in [2.05, 4.69) is 10.0 Å². The number of primary amides is 1. The lowest BCUT2D eigenvalue weighted by molar-refractivity contribution is 0.0961. The van der Waals surface area contributed by atoms with Crippen molar-refractivity contribution < 1.29 is 22.7 Å². The summed E-state index contributed by atoms with van der Waals surface area (Å²) in [5, 5.41) is 2.46. The van der Waals surface area contributed by atoms with Crippen molar-refractivity contribution in [2.45, 2.75) is 11.8 Å². The van der Waals surface area contributed by atoms with Crippen LogP contribution in [-0.4, -0.2) is 33.9 Å². The zero-order valence-corrected chi connectivity index (χ0v) is 15.1. The first kappa shape index (κ1) is 19.3. The number of hydrogen-bond donors (Lipinski definition) is 3. The highest BCUT2D eigenvalue weighted by atomic mass is 32.2. The summed E-state index contributed by atoms with van der Waals surface area (Å²) in [7, 11) is -2.52. The van der Waals surface area contributed by atoms with Crippen molar-refractivity contribution in [2.24, 2.45) is 5.73 Å². The Labute approximate surface area is 151 Å². The molecule has 0 atom stereocenters. The van der Waals surface area contributed by atoms with E-state index in [1.165, 1.54) is 31.3 Å². The van der Waals surface area contributed by atoms with E-state index < -0.39 is 15.9 Å². The molecule has 0 saturated carbocycles. The number of ether oxygens (including phenoxy) is 1. The first-order valence-electron chi connectivity index (χ1n) is 7.70. The summed E-state index contributed by atoms with van der Waals surface area (Å²) < 4.78 is 32.8. The second-order valence-corrected chi connectivity index (χ2v) is 6.90. The number of amides is 2. The maximum absolute atomic E-state index is 12.6. The average Bonchev–Trinajstić information content (AvgIpc) is 2.61. The number of carbonyl (C=O) groups excluding carboxylic acids is 2. The van der Waals surface area contributed by atoms with Gasteiger partial charge in [-0.05, 0) is 43.3 Å². The number of carbonyl (C=O) groups is 2. The van der Waals surface area contributed by atoms with Gasteiger partial charge in [0, 0.05) is 18.3 Å². The lowest BCUT2D eigenvalue weighted by Gasteiger charge is -2.12. The average molecular weight is 377 g/mol. The van der Waals surface area contributed by atoms with Crippen LogP contribution >= 0.6 is 0 Å². The van der Waals surface area contributed by atoms with Crippen molar-refractivity contribution in [2.75, 3.05) is 18.4 Å². The molecule has 0 heterocycles. The highest BCUT2D eigenvalue weighted by molar-refractivity contribution is 7.92. The van der Waals surface area contributed by atoms with Crippen LogP contribution in [0.15, 0.2) is 47.4 Å². The van der Waals surface area contributed by atoms with Gasteiger partial charge in [-0.15, -0.1) is 0 Å². The SMILES string of the molecule is CCOc1ccc(S(=O)(=O)Nc2cccc(C(=O)NC)c2)cc1C(N)=O. The van der Waals surface area contributed by atoms with Gasteiger partial charge in [0.25, 0.3) is 21.8 Å². The Kier molecular flexibility index (Phi) is 5.83. The molecular formula is C17H19N3O5S. The molecule has 2 aromatic rings. The van der Waals surface area contributed by atoms with Crippen LogP contribution < -0.4 is 20.5 Å². The van der Waals surface area contributed by atoms with Gasteiger partial charge in [-0.3, -0.25) is 14.3 Å². The fourth-order valence-electron chi connectivity index (χ4n) is 2.23. The molecule has 0 unspecified atom stereocenters. The number of hydrogen-bond acceptors (Lipinski definition) is 5. The maximum atomic E-state index is 12.6. The van der Waals surface area contributed by atoms with Gasteiger partial charge in [0.15, 0.2) is 0 Å². The van der Waals surface area contributed by atoms with Gasteiger partial charge in [0.2, 0.25) is 0 Å². The third kappa shape index (κ3) is 4.31. The van der Waals surface area contributed by atoms with Crippen molar-refractivity contribution in [1.82, 2.24) is 5.32 Å². The monoisotopic (exact) mass is 377 g/mol. The Morgan fingerprint density at radius 2 is 1.88 bits per heavy atom. The number of nitrogens with one attached hydrogen (secondary N) is 2. The van der Waals surface area contributed by atoms with Crippen molar-refractivity contribution >= 4 is 27.5 Å². The van der Waals surface area contributed by atoms with Crippen LogP contribution in [-0.2, 0) is 10.0 Å². The van der Waals surface area contributed by atoms with Crippen LogP contribution in [0.25, 0.3) is 0 Å². The Morgan fingerprint density at radius 3 is 2.50 bits per heavy atom. The fourth-order valence-corrected chi connectivity index (χ4v) is 3.31. The molecule has 0 radical (unpaired) electrons. The van der Waals surface area contributed by atoms with Crippen LogP contribution in [0.2, 0.25) is 0 Å². The minimum atomic E-state index is -4.00. The van der Waals surface area contributed by atoms with E-state index >= 15 is 0 Å². The molecule has 0 aliphatic rings. The molecule has 0 aliphatic carbocycles. The highest BCUT2D eigenvalue weighted by Crippen LogP contribution is 2.24. The summed E-state index contributed by atoms with van der Waals surface area (Å²) in [5.74, 6) is -0.934. The highest BCUT2D eigenvalue weighted by Gasteiger charge is 2.19. The molecule has 0 spiro atoms. The molecule has 26 heavy (non-hydrogen) atoms. The van der Waals surface area contributed by atoms with Crippen LogP contribution in [0.1, 0.15) is 27.6 Å². The molecule has 2 rings (SSSR count). The molecule has 0 aromatic heterocycles. The minimum absolute atomic E-state index is 0.0335. The first-order valence-corrected chi connectivity index (χ1v) is 9.18. The number of benzene rings is 2. The molecule has 138 valence electrons. The normalized spacial score (nSPS) is 10.8.